The molecule has 0 radical (unpaired) electrons. The summed E-state index contributed by atoms with van der Waals surface area (Å²) >= 11 is 0. The highest BCUT2D eigenvalue weighted by atomic mass is 14.7. The molecule has 0 aliphatic heterocycles. The lowest BCUT2D eigenvalue weighted by Gasteiger charge is -2.07. The summed E-state index contributed by atoms with van der Waals surface area (Å²) in [6, 6.07) is 4.37. The van der Waals surface area contributed by atoms with E-state index in [-0.39, 0.29) is 0 Å². The summed E-state index contributed by atoms with van der Waals surface area (Å²) in [7, 11) is 0. The average Bonchev–Trinajstić information content (AvgIpc) is 2.59. The molecule has 0 atom stereocenters. The number of nitrogens with zero attached hydrogens (tertiary/aromatic N) is 1. The van der Waals surface area contributed by atoms with Crippen molar-refractivity contribution in [1.29, 1.82) is 0 Å². The number of hydrogen-bond acceptors (Lipinski definition) is 1. The van der Waals surface area contributed by atoms with Crippen LogP contribution in [-0.2, 0) is 6.42 Å². The van der Waals surface area contributed by atoms with Crippen molar-refractivity contribution in [2.24, 2.45) is 5.92 Å². The molecule has 0 bridgehead atoms. The maximum Gasteiger partial charge on any atom is 0.0519 e. The van der Waals surface area contributed by atoms with Gasteiger partial charge in [-0.2, -0.15) is 0 Å². The first kappa shape index (κ1) is 10.4. The Balaban J connectivity index is 2.31. The number of allylic oxidation sites excluding steroid dienone is 1. The van der Waals surface area contributed by atoms with E-state index in [4.69, 9.17) is 4.98 Å². The maximum absolute atomic E-state index is 4.73. The third kappa shape index (κ3) is 1.97. The first-order valence-corrected chi connectivity index (χ1v) is 5.78. The van der Waals surface area contributed by atoms with Crippen LogP contribution in [0.2, 0.25) is 0 Å². The lowest BCUT2D eigenvalue weighted by Crippen LogP contribution is -1.99. The molecular weight excluding hydrogens is 182 g/mol. The Hall–Kier alpha value is -1.11. The summed E-state index contributed by atoms with van der Waals surface area (Å²) in [6.45, 7) is 8.89. The zero-order valence-corrected chi connectivity index (χ0v) is 10.0. The molecule has 0 N–H and O–H groups in total. The molecule has 1 aliphatic rings. The molecule has 1 aliphatic carbocycles. The molecule has 0 saturated heterocycles. The molecule has 0 fully saturated rings. The second-order valence-corrected chi connectivity index (χ2v) is 4.98. The summed E-state index contributed by atoms with van der Waals surface area (Å²) in [6.07, 6.45) is 3.35. The van der Waals surface area contributed by atoms with Crippen molar-refractivity contribution in [3.05, 3.63) is 34.7 Å². The van der Waals surface area contributed by atoms with E-state index in [0.717, 1.165) is 6.42 Å². The van der Waals surface area contributed by atoms with Crippen molar-refractivity contribution in [3.8, 4) is 0 Å². The minimum absolute atomic E-state index is 0.526. The Morgan fingerprint density at radius 3 is 2.40 bits per heavy atom. The average molecular weight is 201 g/mol. The van der Waals surface area contributed by atoms with Crippen LogP contribution in [-0.4, -0.2) is 4.98 Å². The molecule has 0 unspecified atom stereocenters. The number of hydrogen-bond donors (Lipinski definition) is 0. The Labute approximate surface area is 92.2 Å². The van der Waals surface area contributed by atoms with Crippen molar-refractivity contribution in [1.82, 2.24) is 4.98 Å². The van der Waals surface area contributed by atoms with E-state index >= 15 is 0 Å². The highest BCUT2D eigenvalue weighted by Crippen LogP contribution is 2.29. The third-order valence-electron chi connectivity index (χ3n) is 3.08. The molecule has 1 heteroatoms. The number of rotatable bonds is 2. The van der Waals surface area contributed by atoms with Crippen molar-refractivity contribution in [2.75, 3.05) is 0 Å². The molecule has 2 rings (SSSR count). The Kier molecular flexibility index (Phi) is 2.64. The summed E-state index contributed by atoms with van der Waals surface area (Å²) in [4.78, 5) is 4.73. The summed E-state index contributed by atoms with van der Waals surface area (Å²) in [5.74, 6) is 1.17. The minimum Gasteiger partial charge on any atom is -0.257 e. The standard InChI is InChI=1S/C14H19N/c1-9(2)12-7-11-5-6-13(10(3)4)15-14(11)8-12/h5-7,9-10H,8H2,1-4H3. The van der Waals surface area contributed by atoms with E-state index in [1.165, 1.54) is 22.5 Å². The number of fused-ring (bicyclic) bond motifs is 1. The van der Waals surface area contributed by atoms with Gasteiger partial charge in [-0.05, 0) is 23.5 Å². The van der Waals surface area contributed by atoms with Gasteiger partial charge in [0.05, 0.1) is 5.69 Å². The van der Waals surface area contributed by atoms with Gasteiger partial charge >= 0.3 is 0 Å². The van der Waals surface area contributed by atoms with Gasteiger partial charge < -0.3 is 0 Å². The summed E-state index contributed by atoms with van der Waals surface area (Å²) in [5, 5.41) is 0. The second-order valence-electron chi connectivity index (χ2n) is 4.98. The van der Waals surface area contributed by atoms with Gasteiger partial charge in [0.2, 0.25) is 0 Å². The molecule has 0 spiro atoms. The van der Waals surface area contributed by atoms with Gasteiger partial charge in [0.15, 0.2) is 0 Å². The molecule has 1 aromatic heterocycles. The van der Waals surface area contributed by atoms with E-state index < -0.39 is 0 Å². The van der Waals surface area contributed by atoms with Crippen LogP contribution in [0.3, 0.4) is 0 Å². The van der Waals surface area contributed by atoms with Gasteiger partial charge in [-0.3, -0.25) is 4.98 Å². The molecular formula is C14H19N. The minimum atomic E-state index is 0.526. The maximum atomic E-state index is 4.73. The van der Waals surface area contributed by atoms with Crippen LogP contribution >= 0.6 is 0 Å². The van der Waals surface area contributed by atoms with Crippen molar-refractivity contribution >= 4 is 6.08 Å². The third-order valence-corrected chi connectivity index (χ3v) is 3.08. The van der Waals surface area contributed by atoms with Crippen LogP contribution in [0.5, 0.6) is 0 Å². The van der Waals surface area contributed by atoms with Gasteiger partial charge in [0.1, 0.15) is 0 Å². The molecule has 0 amide bonds. The molecule has 1 heterocycles. The lowest BCUT2D eigenvalue weighted by atomic mass is 10.0. The van der Waals surface area contributed by atoms with E-state index in [1.807, 2.05) is 0 Å². The van der Waals surface area contributed by atoms with Crippen molar-refractivity contribution in [2.45, 2.75) is 40.0 Å². The van der Waals surface area contributed by atoms with E-state index in [1.54, 1.807) is 0 Å². The smallest absolute Gasteiger partial charge is 0.0519 e. The molecule has 15 heavy (non-hydrogen) atoms. The van der Waals surface area contributed by atoms with Crippen LogP contribution in [0, 0.1) is 5.92 Å². The molecule has 1 nitrogen and oxygen atoms in total. The highest BCUT2D eigenvalue weighted by Gasteiger charge is 2.17. The highest BCUT2D eigenvalue weighted by molar-refractivity contribution is 5.62. The van der Waals surface area contributed by atoms with Crippen LogP contribution in [0.15, 0.2) is 17.7 Å². The SMILES string of the molecule is CC(C)C1=Cc2ccc(C(C)C)nc2C1. The van der Waals surface area contributed by atoms with Crippen LogP contribution < -0.4 is 0 Å². The predicted molar refractivity (Wildman–Crippen MR) is 64.8 cm³/mol. The largest absolute Gasteiger partial charge is 0.257 e. The Morgan fingerprint density at radius 1 is 1.07 bits per heavy atom. The van der Waals surface area contributed by atoms with Gasteiger partial charge in [-0.15, -0.1) is 0 Å². The zero-order chi connectivity index (χ0) is 11.0. The fourth-order valence-corrected chi connectivity index (χ4v) is 1.94. The Bertz CT molecular complexity index is 400. The van der Waals surface area contributed by atoms with Gasteiger partial charge in [0, 0.05) is 12.1 Å². The van der Waals surface area contributed by atoms with Crippen LogP contribution in [0.4, 0.5) is 0 Å². The molecule has 0 saturated carbocycles. The fourth-order valence-electron chi connectivity index (χ4n) is 1.94. The van der Waals surface area contributed by atoms with Crippen molar-refractivity contribution in [3.63, 3.8) is 0 Å². The fraction of sp³-hybridized carbons (Fsp3) is 0.500. The molecule has 1 aromatic rings. The molecule has 0 aromatic carbocycles. The topological polar surface area (TPSA) is 12.9 Å². The first-order chi connectivity index (χ1) is 7.08. The van der Waals surface area contributed by atoms with Gasteiger partial charge in [0.25, 0.3) is 0 Å². The number of pyridine rings is 1. The summed E-state index contributed by atoms with van der Waals surface area (Å²) < 4.78 is 0. The Morgan fingerprint density at radius 2 is 1.80 bits per heavy atom. The molecule has 80 valence electrons. The zero-order valence-electron chi connectivity index (χ0n) is 10.0. The van der Waals surface area contributed by atoms with Crippen LogP contribution in [0.1, 0.15) is 50.6 Å². The predicted octanol–water partition coefficient (Wildman–Crippen LogP) is 3.80. The normalized spacial score (nSPS) is 14.7. The quantitative estimate of drug-likeness (QED) is 0.709. The summed E-state index contributed by atoms with van der Waals surface area (Å²) in [5.41, 5.74) is 5.32. The van der Waals surface area contributed by atoms with Crippen LogP contribution in [0.25, 0.3) is 6.08 Å². The number of aromatic nitrogens is 1. The van der Waals surface area contributed by atoms with E-state index in [0.29, 0.717) is 11.8 Å². The van der Waals surface area contributed by atoms with E-state index in [9.17, 15) is 0 Å². The van der Waals surface area contributed by atoms with Crippen molar-refractivity contribution < 1.29 is 0 Å². The van der Waals surface area contributed by atoms with E-state index in [2.05, 4.69) is 45.9 Å². The second kappa shape index (κ2) is 3.80. The monoisotopic (exact) mass is 201 g/mol. The lowest BCUT2D eigenvalue weighted by molar-refractivity contribution is 0.744. The van der Waals surface area contributed by atoms with Gasteiger partial charge in [-0.25, -0.2) is 0 Å². The first-order valence-electron chi connectivity index (χ1n) is 5.78. The van der Waals surface area contributed by atoms with Gasteiger partial charge in [-0.1, -0.05) is 45.4 Å².